The van der Waals surface area contributed by atoms with Gasteiger partial charge in [-0.1, -0.05) is 6.07 Å². The smallest absolute Gasteiger partial charge is 0.186 e. The van der Waals surface area contributed by atoms with Gasteiger partial charge < -0.3 is 0 Å². The Morgan fingerprint density at radius 1 is 1.67 bits per heavy atom. The maximum atomic E-state index is 11.9. The summed E-state index contributed by atoms with van der Waals surface area (Å²) in [6.45, 7) is 3.83. The van der Waals surface area contributed by atoms with Gasteiger partial charge in [0.05, 0.1) is 11.4 Å². The van der Waals surface area contributed by atoms with Crippen molar-refractivity contribution in [3.05, 3.63) is 22.4 Å². The zero-order chi connectivity index (χ0) is 10.7. The average Bonchev–Trinajstić information content (AvgIpc) is 2.74. The molecule has 15 heavy (non-hydrogen) atoms. The van der Waals surface area contributed by atoms with Crippen molar-refractivity contribution >= 4 is 28.9 Å². The molecule has 4 heteroatoms. The van der Waals surface area contributed by atoms with Crippen molar-refractivity contribution in [2.24, 2.45) is 0 Å². The van der Waals surface area contributed by atoms with E-state index in [1.54, 1.807) is 0 Å². The molecule has 2 nitrogen and oxygen atoms in total. The normalized spacial score (nSPS) is 22.9. The number of carbonyl (C=O) groups is 1. The molecule has 1 atom stereocenters. The van der Waals surface area contributed by atoms with E-state index in [1.165, 1.54) is 11.3 Å². The monoisotopic (exact) mass is 241 g/mol. The van der Waals surface area contributed by atoms with Crippen molar-refractivity contribution in [3.8, 4) is 0 Å². The topological polar surface area (TPSA) is 20.3 Å². The standard InChI is InChI=1S/C11H15NOS2/c1-9-8-14-6-4-12(9)7-10(13)11-3-2-5-15-11/h2-3,5,9H,4,6-8H2,1H3. The molecule has 0 aromatic carbocycles. The van der Waals surface area contributed by atoms with E-state index >= 15 is 0 Å². The van der Waals surface area contributed by atoms with Gasteiger partial charge in [0.1, 0.15) is 0 Å². The Morgan fingerprint density at radius 3 is 3.20 bits per heavy atom. The predicted molar refractivity (Wildman–Crippen MR) is 67.0 cm³/mol. The first kappa shape index (κ1) is 11.2. The highest BCUT2D eigenvalue weighted by Gasteiger charge is 2.21. The highest BCUT2D eigenvalue weighted by Crippen LogP contribution is 2.17. The van der Waals surface area contributed by atoms with Crippen molar-refractivity contribution in [1.29, 1.82) is 0 Å². The highest BCUT2D eigenvalue weighted by molar-refractivity contribution is 7.99. The molecule has 0 saturated carbocycles. The summed E-state index contributed by atoms with van der Waals surface area (Å²) in [5, 5.41) is 1.96. The van der Waals surface area contributed by atoms with E-state index in [-0.39, 0.29) is 5.78 Å². The van der Waals surface area contributed by atoms with E-state index in [4.69, 9.17) is 0 Å². The maximum Gasteiger partial charge on any atom is 0.186 e. The Labute approximate surface area is 98.7 Å². The van der Waals surface area contributed by atoms with E-state index in [0.717, 1.165) is 22.9 Å². The minimum absolute atomic E-state index is 0.267. The molecule has 1 fully saturated rings. The Morgan fingerprint density at radius 2 is 2.53 bits per heavy atom. The zero-order valence-electron chi connectivity index (χ0n) is 8.81. The minimum Gasteiger partial charge on any atom is -0.292 e. The first-order valence-corrected chi connectivity index (χ1v) is 7.19. The molecule has 0 N–H and O–H groups in total. The van der Waals surface area contributed by atoms with Crippen molar-refractivity contribution in [1.82, 2.24) is 4.90 Å². The summed E-state index contributed by atoms with van der Waals surface area (Å²) in [5.74, 6) is 2.57. The van der Waals surface area contributed by atoms with Crippen LogP contribution in [0.4, 0.5) is 0 Å². The van der Waals surface area contributed by atoms with E-state index in [2.05, 4.69) is 11.8 Å². The Kier molecular flexibility index (Phi) is 3.83. The third kappa shape index (κ3) is 2.83. The summed E-state index contributed by atoms with van der Waals surface area (Å²) in [4.78, 5) is 15.1. The van der Waals surface area contributed by atoms with Crippen LogP contribution in [0.15, 0.2) is 17.5 Å². The van der Waals surface area contributed by atoms with E-state index in [0.29, 0.717) is 12.6 Å². The van der Waals surface area contributed by atoms with Gasteiger partial charge in [-0.25, -0.2) is 0 Å². The number of Topliss-reactive ketones (excluding diaryl/α,β-unsaturated/α-hetero) is 1. The van der Waals surface area contributed by atoms with Gasteiger partial charge in [-0.15, -0.1) is 11.3 Å². The molecular formula is C11H15NOS2. The van der Waals surface area contributed by atoms with E-state index in [1.807, 2.05) is 29.3 Å². The molecule has 0 amide bonds. The van der Waals surface area contributed by atoms with Gasteiger partial charge in [0.15, 0.2) is 5.78 Å². The number of nitrogens with zero attached hydrogens (tertiary/aromatic N) is 1. The van der Waals surface area contributed by atoms with Crippen molar-refractivity contribution in [3.63, 3.8) is 0 Å². The van der Waals surface area contributed by atoms with Gasteiger partial charge in [-0.2, -0.15) is 11.8 Å². The van der Waals surface area contributed by atoms with Gasteiger partial charge >= 0.3 is 0 Å². The lowest BCUT2D eigenvalue weighted by atomic mass is 10.2. The first-order chi connectivity index (χ1) is 7.27. The van der Waals surface area contributed by atoms with Crippen molar-refractivity contribution < 1.29 is 4.79 Å². The number of ketones is 1. The third-order valence-electron chi connectivity index (χ3n) is 2.65. The van der Waals surface area contributed by atoms with Crippen LogP contribution in [0.25, 0.3) is 0 Å². The van der Waals surface area contributed by atoms with Crippen LogP contribution >= 0.6 is 23.1 Å². The second-order valence-electron chi connectivity index (χ2n) is 3.79. The first-order valence-electron chi connectivity index (χ1n) is 5.16. The number of thiophene rings is 1. The lowest BCUT2D eigenvalue weighted by Gasteiger charge is -2.32. The molecule has 2 heterocycles. The van der Waals surface area contributed by atoms with Gasteiger partial charge in [0.2, 0.25) is 0 Å². The second kappa shape index (κ2) is 5.14. The molecule has 1 aromatic heterocycles. The van der Waals surface area contributed by atoms with E-state index in [9.17, 15) is 4.79 Å². The molecule has 0 bridgehead atoms. The Bertz CT molecular complexity index is 323. The molecule has 1 aliphatic heterocycles. The van der Waals surface area contributed by atoms with Crippen LogP contribution in [-0.2, 0) is 0 Å². The summed E-state index contributed by atoms with van der Waals surface area (Å²) in [6.07, 6.45) is 0. The van der Waals surface area contributed by atoms with Crippen LogP contribution in [0, 0.1) is 0 Å². The molecule has 0 radical (unpaired) electrons. The summed E-state index contributed by atoms with van der Waals surface area (Å²) < 4.78 is 0. The Hall–Kier alpha value is -0.320. The van der Waals surface area contributed by atoms with Crippen LogP contribution < -0.4 is 0 Å². The van der Waals surface area contributed by atoms with Gasteiger partial charge in [-0.05, 0) is 18.4 Å². The van der Waals surface area contributed by atoms with Gasteiger partial charge in [-0.3, -0.25) is 9.69 Å². The number of rotatable bonds is 3. The number of hydrogen-bond donors (Lipinski definition) is 0. The molecule has 0 spiro atoms. The third-order valence-corrected chi connectivity index (χ3v) is 4.75. The summed E-state index contributed by atoms with van der Waals surface area (Å²) >= 11 is 3.52. The number of hydrogen-bond acceptors (Lipinski definition) is 4. The maximum absolute atomic E-state index is 11.9. The average molecular weight is 241 g/mol. The SMILES string of the molecule is CC1CSCCN1CC(=O)c1cccs1. The van der Waals surface area contributed by atoms with Crippen LogP contribution in [0.3, 0.4) is 0 Å². The molecule has 0 aliphatic carbocycles. The summed E-state index contributed by atoms with van der Waals surface area (Å²) in [5.41, 5.74) is 0. The molecule has 1 aromatic rings. The number of thioether (sulfide) groups is 1. The molecule has 2 rings (SSSR count). The van der Waals surface area contributed by atoms with Crippen LogP contribution in [0.1, 0.15) is 16.6 Å². The summed E-state index contributed by atoms with van der Waals surface area (Å²) in [7, 11) is 0. The van der Waals surface area contributed by atoms with Crippen molar-refractivity contribution in [2.45, 2.75) is 13.0 Å². The lowest BCUT2D eigenvalue weighted by molar-refractivity contribution is 0.0915. The minimum atomic E-state index is 0.267. The fourth-order valence-corrected chi connectivity index (χ4v) is 3.44. The molecule has 82 valence electrons. The lowest BCUT2D eigenvalue weighted by Crippen LogP contribution is -2.43. The van der Waals surface area contributed by atoms with E-state index < -0.39 is 0 Å². The Balaban J connectivity index is 1.93. The molecular weight excluding hydrogens is 226 g/mol. The predicted octanol–water partition coefficient (Wildman–Crippen LogP) is 2.37. The van der Waals surface area contributed by atoms with Gasteiger partial charge in [0, 0.05) is 24.1 Å². The van der Waals surface area contributed by atoms with Crippen LogP contribution in [0.5, 0.6) is 0 Å². The zero-order valence-corrected chi connectivity index (χ0v) is 10.4. The molecule has 1 unspecified atom stereocenters. The summed E-state index contributed by atoms with van der Waals surface area (Å²) in [6, 6.07) is 4.39. The van der Waals surface area contributed by atoms with Gasteiger partial charge in [0.25, 0.3) is 0 Å². The van der Waals surface area contributed by atoms with Crippen molar-refractivity contribution in [2.75, 3.05) is 24.6 Å². The fourth-order valence-electron chi connectivity index (χ4n) is 1.70. The van der Waals surface area contributed by atoms with Crippen LogP contribution in [0.2, 0.25) is 0 Å². The second-order valence-corrected chi connectivity index (χ2v) is 5.89. The highest BCUT2D eigenvalue weighted by atomic mass is 32.2. The number of carbonyl (C=O) groups excluding carboxylic acids is 1. The quantitative estimate of drug-likeness (QED) is 0.758. The molecule has 1 aliphatic rings. The largest absolute Gasteiger partial charge is 0.292 e. The fraction of sp³-hybridized carbons (Fsp3) is 0.545. The molecule has 1 saturated heterocycles. The van der Waals surface area contributed by atoms with Crippen LogP contribution in [-0.4, -0.2) is 41.3 Å².